The molecule has 0 radical (unpaired) electrons. The standard InChI is InChI=1S/C13H15NO/c1-3-5-12-10(4-2)11-7-6-9(14)8-13(11)15-12/h3,5-8H,4,14H2,1-2H3/b5-3-. The van der Waals surface area contributed by atoms with Crippen molar-refractivity contribution in [2.24, 2.45) is 0 Å². The van der Waals surface area contributed by atoms with Crippen molar-refractivity contribution < 1.29 is 4.42 Å². The van der Waals surface area contributed by atoms with Crippen LogP contribution in [0.5, 0.6) is 0 Å². The maximum atomic E-state index is 5.74. The van der Waals surface area contributed by atoms with Crippen LogP contribution >= 0.6 is 0 Å². The number of aryl methyl sites for hydroxylation is 1. The normalized spacial score (nSPS) is 11.6. The molecule has 0 saturated carbocycles. The molecule has 2 aromatic rings. The van der Waals surface area contributed by atoms with Gasteiger partial charge >= 0.3 is 0 Å². The lowest BCUT2D eigenvalue weighted by molar-refractivity contribution is 0.599. The van der Waals surface area contributed by atoms with Crippen LogP contribution in [0.1, 0.15) is 25.2 Å². The molecule has 2 heteroatoms. The lowest BCUT2D eigenvalue weighted by Crippen LogP contribution is -1.83. The molecule has 1 aromatic heterocycles. The molecule has 0 bridgehead atoms. The Balaban J connectivity index is 2.72. The molecule has 0 unspecified atom stereocenters. The maximum absolute atomic E-state index is 5.74. The minimum absolute atomic E-state index is 0.742. The molecule has 1 heterocycles. The second-order valence-electron chi connectivity index (χ2n) is 3.55. The molecule has 0 fully saturated rings. The van der Waals surface area contributed by atoms with Crippen LogP contribution < -0.4 is 5.73 Å². The van der Waals surface area contributed by atoms with E-state index in [0.29, 0.717) is 0 Å². The third kappa shape index (κ3) is 1.63. The first-order chi connectivity index (χ1) is 7.26. The lowest BCUT2D eigenvalue weighted by Gasteiger charge is -1.94. The van der Waals surface area contributed by atoms with E-state index in [4.69, 9.17) is 10.2 Å². The van der Waals surface area contributed by atoms with E-state index in [0.717, 1.165) is 23.5 Å². The molecule has 0 spiro atoms. The van der Waals surface area contributed by atoms with Crippen LogP contribution in [-0.2, 0) is 6.42 Å². The van der Waals surface area contributed by atoms with Gasteiger partial charge in [0.05, 0.1) is 0 Å². The molecule has 0 amide bonds. The summed E-state index contributed by atoms with van der Waals surface area (Å²) in [5.74, 6) is 0.945. The zero-order valence-electron chi connectivity index (χ0n) is 9.08. The Bertz CT molecular complexity index is 508. The van der Waals surface area contributed by atoms with Crippen molar-refractivity contribution in [1.29, 1.82) is 0 Å². The van der Waals surface area contributed by atoms with Gasteiger partial charge in [-0.3, -0.25) is 0 Å². The van der Waals surface area contributed by atoms with Gasteiger partial charge in [-0.05, 0) is 31.6 Å². The Hall–Kier alpha value is -1.70. The summed E-state index contributed by atoms with van der Waals surface area (Å²) in [7, 11) is 0. The van der Waals surface area contributed by atoms with Crippen molar-refractivity contribution in [2.45, 2.75) is 20.3 Å². The summed E-state index contributed by atoms with van der Waals surface area (Å²) >= 11 is 0. The maximum Gasteiger partial charge on any atom is 0.137 e. The lowest BCUT2D eigenvalue weighted by atomic mass is 10.1. The Morgan fingerprint density at radius 3 is 2.87 bits per heavy atom. The molecular formula is C13H15NO. The fourth-order valence-corrected chi connectivity index (χ4v) is 1.84. The molecule has 0 atom stereocenters. The van der Waals surface area contributed by atoms with E-state index in [1.807, 2.05) is 37.3 Å². The average molecular weight is 201 g/mol. The molecule has 15 heavy (non-hydrogen) atoms. The Morgan fingerprint density at radius 1 is 1.40 bits per heavy atom. The summed E-state index contributed by atoms with van der Waals surface area (Å²) in [5.41, 5.74) is 8.59. The van der Waals surface area contributed by atoms with Crippen molar-refractivity contribution in [3.05, 3.63) is 35.6 Å². The van der Waals surface area contributed by atoms with Crippen LogP contribution in [0, 0.1) is 0 Å². The summed E-state index contributed by atoms with van der Waals surface area (Å²) in [6.07, 6.45) is 4.95. The molecule has 2 N–H and O–H groups in total. The van der Waals surface area contributed by atoms with Crippen LogP contribution in [0.3, 0.4) is 0 Å². The van der Waals surface area contributed by atoms with Crippen LogP contribution in [-0.4, -0.2) is 0 Å². The van der Waals surface area contributed by atoms with Crippen LogP contribution in [0.4, 0.5) is 5.69 Å². The van der Waals surface area contributed by atoms with Crippen LogP contribution in [0.25, 0.3) is 17.0 Å². The number of anilines is 1. The highest BCUT2D eigenvalue weighted by Crippen LogP contribution is 2.28. The predicted molar refractivity (Wildman–Crippen MR) is 64.7 cm³/mol. The van der Waals surface area contributed by atoms with E-state index in [-0.39, 0.29) is 0 Å². The number of hydrogen-bond acceptors (Lipinski definition) is 2. The number of allylic oxidation sites excluding steroid dienone is 1. The number of furan rings is 1. The topological polar surface area (TPSA) is 39.2 Å². The fourth-order valence-electron chi connectivity index (χ4n) is 1.84. The Kier molecular flexibility index (Phi) is 2.50. The first-order valence-electron chi connectivity index (χ1n) is 5.19. The number of nitrogens with two attached hydrogens (primary N) is 1. The van der Waals surface area contributed by atoms with Crippen molar-refractivity contribution in [1.82, 2.24) is 0 Å². The molecule has 0 saturated heterocycles. The number of benzene rings is 1. The molecule has 78 valence electrons. The second-order valence-corrected chi connectivity index (χ2v) is 3.55. The molecule has 0 aliphatic rings. The number of nitrogen functional groups attached to an aromatic ring is 1. The molecule has 0 aliphatic carbocycles. The van der Waals surface area contributed by atoms with E-state index < -0.39 is 0 Å². The first-order valence-corrected chi connectivity index (χ1v) is 5.19. The van der Waals surface area contributed by atoms with Gasteiger partial charge in [-0.25, -0.2) is 0 Å². The van der Waals surface area contributed by atoms with Gasteiger partial charge in [0, 0.05) is 22.7 Å². The molecule has 2 rings (SSSR count). The highest BCUT2D eigenvalue weighted by atomic mass is 16.3. The summed E-state index contributed by atoms with van der Waals surface area (Å²) in [6, 6.07) is 5.82. The van der Waals surface area contributed by atoms with Gasteiger partial charge in [0.15, 0.2) is 0 Å². The minimum atomic E-state index is 0.742. The smallest absolute Gasteiger partial charge is 0.137 e. The highest BCUT2D eigenvalue weighted by Gasteiger charge is 2.09. The van der Waals surface area contributed by atoms with Gasteiger partial charge < -0.3 is 10.2 Å². The first kappa shape index (κ1) is 9.84. The summed E-state index contributed by atoms with van der Waals surface area (Å²) in [6.45, 7) is 4.12. The van der Waals surface area contributed by atoms with E-state index in [9.17, 15) is 0 Å². The van der Waals surface area contributed by atoms with Crippen molar-refractivity contribution in [3.8, 4) is 0 Å². The summed E-state index contributed by atoms with van der Waals surface area (Å²) in [4.78, 5) is 0. The number of fused-ring (bicyclic) bond motifs is 1. The van der Waals surface area contributed by atoms with E-state index >= 15 is 0 Å². The second kappa shape index (κ2) is 3.81. The predicted octanol–water partition coefficient (Wildman–Crippen LogP) is 3.61. The van der Waals surface area contributed by atoms with Crippen LogP contribution in [0.15, 0.2) is 28.7 Å². The van der Waals surface area contributed by atoms with Crippen molar-refractivity contribution in [2.75, 3.05) is 5.73 Å². The third-order valence-corrected chi connectivity index (χ3v) is 2.52. The summed E-state index contributed by atoms with van der Waals surface area (Å²) in [5, 5.41) is 1.17. The van der Waals surface area contributed by atoms with E-state index in [2.05, 4.69) is 6.92 Å². The average Bonchev–Trinajstić information content (AvgIpc) is 2.54. The zero-order chi connectivity index (χ0) is 10.8. The monoisotopic (exact) mass is 201 g/mol. The largest absolute Gasteiger partial charge is 0.456 e. The molecule has 2 nitrogen and oxygen atoms in total. The molecule has 0 aliphatic heterocycles. The van der Waals surface area contributed by atoms with Gasteiger partial charge in [0.25, 0.3) is 0 Å². The van der Waals surface area contributed by atoms with Gasteiger partial charge in [-0.2, -0.15) is 0 Å². The quantitative estimate of drug-likeness (QED) is 0.754. The molecular weight excluding hydrogens is 186 g/mol. The number of hydrogen-bond donors (Lipinski definition) is 1. The van der Waals surface area contributed by atoms with E-state index in [1.54, 1.807) is 0 Å². The van der Waals surface area contributed by atoms with Gasteiger partial charge in [-0.1, -0.05) is 13.0 Å². The van der Waals surface area contributed by atoms with Gasteiger partial charge in [-0.15, -0.1) is 0 Å². The summed E-state index contributed by atoms with van der Waals surface area (Å²) < 4.78 is 5.74. The van der Waals surface area contributed by atoms with Crippen LogP contribution in [0.2, 0.25) is 0 Å². The number of rotatable bonds is 2. The third-order valence-electron chi connectivity index (χ3n) is 2.52. The SMILES string of the molecule is C/C=C\c1oc2cc(N)ccc2c1CC. The highest BCUT2D eigenvalue weighted by molar-refractivity contribution is 5.86. The van der Waals surface area contributed by atoms with E-state index in [1.165, 1.54) is 10.9 Å². The minimum Gasteiger partial charge on any atom is -0.456 e. The Morgan fingerprint density at radius 2 is 2.20 bits per heavy atom. The van der Waals surface area contributed by atoms with Gasteiger partial charge in [0.2, 0.25) is 0 Å². The van der Waals surface area contributed by atoms with Crippen molar-refractivity contribution >= 4 is 22.7 Å². The Labute approximate surface area is 89.4 Å². The van der Waals surface area contributed by atoms with Crippen molar-refractivity contribution in [3.63, 3.8) is 0 Å². The van der Waals surface area contributed by atoms with Gasteiger partial charge in [0.1, 0.15) is 11.3 Å². The zero-order valence-corrected chi connectivity index (χ0v) is 9.08. The fraction of sp³-hybridized carbons (Fsp3) is 0.231. The molecule has 1 aromatic carbocycles.